The Morgan fingerprint density at radius 3 is 2.39 bits per heavy atom. The Kier molecular flexibility index (Phi) is 9.18. The Morgan fingerprint density at radius 1 is 0.968 bits per heavy atom. The van der Waals surface area contributed by atoms with Crippen molar-refractivity contribution in [1.29, 1.82) is 0 Å². The van der Waals surface area contributed by atoms with Gasteiger partial charge in [0.25, 0.3) is 0 Å². The lowest BCUT2D eigenvalue weighted by molar-refractivity contribution is 0.148. The minimum absolute atomic E-state index is 0.665. The summed E-state index contributed by atoms with van der Waals surface area (Å²) in [7, 11) is 3.91. The lowest BCUT2D eigenvalue weighted by Gasteiger charge is -2.32. The number of methoxy groups -OCH3 is 1. The molecule has 0 saturated carbocycles. The summed E-state index contributed by atoms with van der Waals surface area (Å²) in [5, 5.41) is 6.77. The Balaban J connectivity index is 1.49. The van der Waals surface area contributed by atoms with E-state index in [1.165, 1.54) is 16.7 Å². The second-order valence-corrected chi connectivity index (χ2v) is 8.08. The van der Waals surface area contributed by atoms with Crippen molar-refractivity contribution >= 4 is 5.96 Å². The fraction of sp³-hybridized carbons (Fsp3) is 0.480. The summed E-state index contributed by atoms with van der Waals surface area (Å²) in [5.74, 6) is 1.78. The molecule has 2 aromatic rings. The number of nitrogens with one attached hydrogen (secondary N) is 2. The monoisotopic (exact) mass is 423 g/mol. The third-order valence-corrected chi connectivity index (χ3v) is 5.67. The number of ether oxygens (including phenoxy) is 1. The van der Waals surface area contributed by atoms with Crippen LogP contribution in [-0.4, -0.2) is 69.2 Å². The first kappa shape index (κ1) is 23.1. The molecule has 0 bridgehead atoms. The highest BCUT2D eigenvalue weighted by Gasteiger charge is 2.13. The molecule has 0 atom stereocenters. The van der Waals surface area contributed by atoms with Gasteiger partial charge in [0.1, 0.15) is 5.75 Å². The van der Waals surface area contributed by atoms with Crippen LogP contribution in [-0.2, 0) is 19.5 Å². The number of guanidine groups is 1. The van der Waals surface area contributed by atoms with Crippen molar-refractivity contribution < 1.29 is 4.74 Å². The summed E-state index contributed by atoms with van der Waals surface area (Å²) < 4.78 is 5.44. The van der Waals surface area contributed by atoms with E-state index in [9.17, 15) is 0 Å². The molecule has 1 heterocycles. The van der Waals surface area contributed by atoms with Crippen LogP contribution < -0.4 is 15.4 Å². The SMILES string of the molecule is CCNC(=NCc1ccc(CN2CCN(C)CC2)cc1)NCCc1ccccc1OC. The first-order valence-electron chi connectivity index (χ1n) is 11.3. The lowest BCUT2D eigenvalue weighted by atomic mass is 10.1. The normalized spacial score (nSPS) is 15.6. The van der Waals surface area contributed by atoms with Crippen LogP contribution in [0, 0.1) is 0 Å². The number of hydrogen-bond acceptors (Lipinski definition) is 4. The minimum Gasteiger partial charge on any atom is -0.496 e. The second-order valence-electron chi connectivity index (χ2n) is 8.08. The molecule has 3 rings (SSSR count). The first-order valence-corrected chi connectivity index (χ1v) is 11.3. The van der Waals surface area contributed by atoms with E-state index in [1.54, 1.807) is 7.11 Å². The Morgan fingerprint density at radius 2 is 1.68 bits per heavy atom. The van der Waals surface area contributed by atoms with E-state index >= 15 is 0 Å². The predicted octanol–water partition coefficient (Wildman–Crippen LogP) is 2.74. The number of hydrogen-bond donors (Lipinski definition) is 2. The number of aliphatic imine (C=N–C) groups is 1. The topological polar surface area (TPSA) is 52.1 Å². The van der Waals surface area contributed by atoms with Crippen molar-refractivity contribution in [1.82, 2.24) is 20.4 Å². The molecule has 1 fully saturated rings. The largest absolute Gasteiger partial charge is 0.496 e. The highest BCUT2D eigenvalue weighted by atomic mass is 16.5. The van der Waals surface area contributed by atoms with Gasteiger partial charge in [0.15, 0.2) is 5.96 Å². The molecular weight excluding hydrogens is 386 g/mol. The molecule has 2 N–H and O–H groups in total. The Labute approximate surface area is 187 Å². The number of piperazine rings is 1. The third kappa shape index (κ3) is 7.56. The number of likely N-dealkylation sites (N-methyl/N-ethyl adjacent to an activating group) is 1. The van der Waals surface area contributed by atoms with E-state index in [2.05, 4.69) is 64.7 Å². The highest BCUT2D eigenvalue weighted by molar-refractivity contribution is 5.79. The van der Waals surface area contributed by atoms with Crippen LogP contribution in [0.1, 0.15) is 23.6 Å². The molecule has 1 aliphatic rings. The smallest absolute Gasteiger partial charge is 0.191 e. The molecule has 0 aliphatic carbocycles. The maximum Gasteiger partial charge on any atom is 0.191 e. The Bertz CT molecular complexity index is 813. The standard InChI is InChI=1S/C25H37N5O/c1-4-26-25(27-14-13-23-7-5-6-8-24(23)31-3)28-19-21-9-11-22(12-10-21)20-30-17-15-29(2)16-18-30/h5-12H,4,13-20H2,1-3H3,(H2,26,27,28). The summed E-state index contributed by atoms with van der Waals surface area (Å²) in [6, 6.07) is 17.0. The van der Waals surface area contributed by atoms with E-state index in [-0.39, 0.29) is 0 Å². The molecule has 0 radical (unpaired) electrons. The fourth-order valence-corrected chi connectivity index (χ4v) is 3.75. The van der Waals surface area contributed by atoms with Gasteiger partial charge in [-0.25, -0.2) is 4.99 Å². The van der Waals surface area contributed by atoms with Gasteiger partial charge in [-0.1, -0.05) is 42.5 Å². The van der Waals surface area contributed by atoms with Gasteiger partial charge in [0.2, 0.25) is 0 Å². The van der Waals surface area contributed by atoms with Crippen LogP contribution in [0.15, 0.2) is 53.5 Å². The van der Waals surface area contributed by atoms with Crippen LogP contribution >= 0.6 is 0 Å². The zero-order valence-electron chi connectivity index (χ0n) is 19.2. The van der Waals surface area contributed by atoms with Crippen LogP contribution in [0.3, 0.4) is 0 Å². The van der Waals surface area contributed by atoms with Crippen LogP contribution in [0.2, 0.25) is 0 Å². The van der Waals surface area contributed by atoms with E-state index in [1.807, 2.05) is 18.2 Å². The summed E-state index contributed by atoms with van der Waals surface area (Å²) in [5.41, 5.74) is 3.80. The van der Waals surface area contributed by atoms with Gasteiger partial charge in [0, 0.05) is 45.8 Å². The quantitative estimate of drug-likeness (QED) is 0.480. The maximum atomic E-state index is 5.44. The predicted molar refractivity (Wildman–Crippen MR) is 129 cm³/mol. The number of benzene rings is 2. The van der Waals surface area contributed by atoms with Crippen molar-refractivity contribution in [3.8, 4) is 5.75 Å². The average molecular weight is 424 g/mol. The molecule has 0 spiro atoms. The highest BCUT2D eigenvalue weighted by Crippen LogP contribution is 2.17. The summed E-state index contributed by atoms with van der Waals surface area (Å²) in [6.07, 6.45) is 0.884. The molecule has 168 valence electrons. The van der Waals surface area contributed by atoms with Crippen LogP contribution in [0.5, 0.6) is 5.75 Å². The van der Waals surface area contributed by atoms with E-state index < -0.39 is 0 Å². The zero-order chi connectivity index (χ0) is 21.9. The molecular formula is C25H37N5O. The molecule has 6 heteroatoms. The minimum atomic E-state index is 0.665. The maximum absolute atomic E-state index is 5.44. The molecule has 0 aromatic heterocycles. The molecule has 31 heavy (non-hydrogen) atoms. The van der Waals surface area contributed by atoms with Gasteiger partial charge in [-0.3, -0.25) is 4.90 Å². The zero-order valence-corrected chi connectivity index (χ0v) is 19.2. The van der Waals surface area contributed by atoms with Crippen molar-refractivity contribution in [2.45, 2.75) is 26.4 Å². The summed E-state index contributed by atoms with van der Waals surface area (Å²) in [4.78, 5) is 9.68. The van der Waals surface area contributed by atoms with Crippen molar-refractivity contribution in [3.05, 3.63) is 65.2 Å². The number of rotatable bonds is 9. The van der Waals surface area contributed by atoms with Gasteiger partial charge >= 0.3 is 0 Å². The molecule has 2 aromatic carbocycles. The molecule has 0 amide bonds. The third-order valence-electron chi connectivity index (χ3n) is 5.67. The van der Waals surface area contributed by atoms with Crippen molar-refractivity contribution in [2.24, 2.45) is 4.99 Å². The van der Waals surface area contributed by atoms with Gasteiger partial charge in [-0.05, 0) is 43.1 Å². The number of nitrogens with zero attached hydrogens (tertiary/aromatic N) is 3. The van der Waals surface area contributed by atoms with E-state index in [0.29, 0.717) is 6.54 Å². The van der Waals surface area contributed by atoms with Gasteiger partial charge in [-0.15, -0.1) is 0 Å². The van der Waals surface area contributed by atoms with Gasteiger partial charge in [-0.2, -0.15) is 0 Å². The van der Waals surface area contributed by atoms with E-state index in [4.69, 9.17) is 9.73 Å². The van der Waals surface area contributed by atoms with Crippen molar-refractivity contribution in [3.63, 3.8) is 0 Å². The first-order chi connectivity index (χ1) is 15.2. The molecule has 1 aliphatic heterocycles. The van der Waals surface area contributed by atoms with Crippen LogP contribution in [0.25, 0.3) is 0 Å². The average Bonchev–Trinajstić information content (AvgIpc) is 2.80. The van der Waals surface area contributed by atoms with Gasteiger partial charge in [0.05, 0.1) is 13.7 Å². The summed E-state index contributed by atoms with van der Waals surface area (Å²) in [6.45, 7) is 10.0. The number of para-hydroxylation sites is 1. The van der Waals surface area contributed by atoms with Gasteiger partial charge < -0.3 is 20.3 Å². The molecule has 6 nitrogen and oxygen atoms in total. The molecule has 1 saturated heterocycles. The molecule has 0 unspecified atom stereocenters. The second kappa shape index (κ2) is 12.3. The Hall–Kier alpha value is -2.57. The van der Waals surface area contributed by atoms with Crippen molar-refractivity contribution in [2.75, 3.05) is 53.4 Å². The fourth-order valence-electron chi connectivity index (χ4n) is 3.75. The lowest BCUT2D eigenvalue weighted by Crippen LogP contribution is -2.43. The van der Waals surface area contributed by atoms with Crippen LogP contribution in [0.4, 0.5) is 0 Å². The summed E-state index contributed by atoms with van der Waals surface area (Å²) >= 11 is 0. The van der Waals surface area contributed by atoms with E-state index in [0.717, 1.165) is 63.9 Å².